The van der Waals surface area contributed by atoms with Gasteiger partial charge in [-0.15, -0.1) is 0 Å². The minimum Gasteiger partial charge on any atom is -0.481 e. The van der Waals surface area contributed by atoms with Gasteiger partial charge in [-0.2, -0.15) is 17.0 Å². The van der Waals surface area contributed by atoms with Gasteiger partial charge in [0.25, 0.3) is 10.2 Å². The molecule has 2 aliphatic heterocycles. The molecule has 1 N–H and O–H groups in total. The lowest BCUT2D eigenvalue weighted by Gasteiger charge is -2.43. The number of carboxylic acid groups (broad SMARTS) is 1. The van der Waals surface area contributed by atoms with Gasteiger partial charge in [-0.25, -0.2) is 0 Å². The van der Waals surface area contributed by atoms with Crippen LogP contribution in [0.25, 0.3) is 0 Å². The van der Waals surface area contributed by atoms with Crippen LogP contribution in [0.4, 0.5) is 0 Å². The zero-order chi connectivity index (χ0) is 15.8. The third kappa shape index (κ3) is 3.40. The number of nitrogens with zero attached hydrogens (tertiary/aromatic N) is 2. The third-order valence-electron chi connectivity index (χ3n) is 4.90. The van der Waals surface area contributed by atoms with E-state index in [0.29, 0.717) is 37.8 Å². The monoisotopic (exact) mass is 318 g/mol. The molecule has 2 fully saturated rings. The van der Waals surface area contributed by atoms with Crippen molar-refractivity contribution in [2.24, 2.45) is 17.8 Å². The highest BCUT2D eigenvalue weighted by Crippen LogP contribution is 2.31. The Morgan fingerprint density at radius 2 is 1.86 bits per heavy atom. The summed E-state index contributed by atoms with van der Waals surface area (Å²) < 4.78 is 28.7. The molecule has 6 nitrogen and oxygen atoms in total. The molecule has 0 bridgehead atoms. The summed E-state index contributed by atoms with van der Waals surface area (Å²) >= 11 is 0. The summed E-state index contributed by atoms with van der Waals surface area (Å²) in [5.74, 6) is -0.818. The van der Waals surface area contributed by atoms with E-state index in [1.54, 1.807) is 4.31 Å². The fourth-order valence-corrected chi connectivity index (χ4v) is 5.57. The first kappa shape index (κ1) is 16.7. The highest BCUT2D eigenvalue weighted by molar-refractivity contribution is 7.86. The van der Waals surface area contributed by atoms with Gasteiger partial charge >= 0.3 is 5.97 Å². The van der Waals surface area contributed by atoms with Crippen LogP contribution in [0.5, 0.6) is 0 Å². The van der Waals surface area contributed by atoms with Crippen molar-refractivity contribution in [1.29, 1.82) is 0 Å². The summed E-state index contributed by atoms with van der Waals surface area (Å²) in [6.45, 7) is 7.16. The number of carbonyl (C=O) groups is 1. The molecule has 2 rings (SSSR count). The molecule has 0 radical (unpaired) electrons. The predicted molar refractivity (Wildman–Crippen MR) is 80.0 cm³/mol. The lowest BCUT2D eigenvalue weighted by molar-refractivity contribution is -0.142. The number of carboxylic acids is 1. The van der Waals surface area contributed by atoms with Gasteiger partial charge in [0.05, 0.1) is 5.92 Å². The van der Waals surface area contributed by atoms with Gasteiger partial charge in [-0.3, -0.25) is 4.79 Å². The smallest absolute Gasteiger partial charge is 0.307 e. The van der Waals surface area contributed by atoms with Crippen molar-refractivity contribution in [1.82, 2.24) is 8.61 Å². The minimum atomic E-state index is -3.56. The fourth-order valence-electron chi connectivity index (χ4n) is 3.47. The summed E-state index contributed by atoms with van der Waals surface area (Å²) in [6.07, 6.45) is 2.21. The number of rotatable bonds is 3. The van der Waals surface area contributed by atoms with Gasteiger partial charge in [-0.05, 0) is 38.0 Å². The Hall–Kier alpha value is -0.660. The van der Waals surface area contributed by atoms with E-state index in [9.17, 15) is 13.2 Å². The second-order valence-electron chi connectivity index (χ2n) is 6.67. The maximum Gasteiger partial charge on any atom is 0.307 e. The van der Waals surface area contributed by atoms with Crippen molar-refractivity contribution in [2.45, 2.75) is 46.1 Å². The summed E-state index contributed by atoms with van der Waals surface area (Å²) in [5, 5.41) is 9.13. The lowest BCUT2D eigenvalue weighted by atomic mass is 9.88. The van der Waals surface area contributed by atoms with Crippen LogP contribution in [0.1, 0.15) is 40.0 Å². The van der Waals surface area contributed by atoms with E-state index in [1.165, 1.54) is 4.31 Å². The zero-order valence-corrected chi connectivity index (χ0v) is 13.8. The SMILES string of the molecule is CC1CC(C)C(C)N(S(=O)(=O)N2CCCC(C(=O)O)C2)C1. The Kier molecular flexibility index (Phi) is 4.95. The first-order chi connectivity index (χ1) is 9.73. The molecule has 2 saturated heterocycles. The van der Waals surface area contributed by atoms with E-state index >= 15 is 0 Å². The van der Waals surface area contributed by atoms with Gasteiger partial charge in [0.2, 0.25) is 0 Å². The normalized spacial score (nSPS) is 36.5. The topological polar surface area (TPSA) is 77.9 Å². The molecule has 2 heterocycles. The van der Waals surface area contributed by atoms with Crippen molar-refractivity contribution in [3.63, 3.8) is 0 Å². The molecule has 21 heavy (non-hydrogen) atoms. The minimum absolute atomic E-state index is 0.0311. The molecular formula is C14H26N2O4S. The Morgan fingerprint density at radius 3 is 2.48 bits per heavy atom. The van der Waals surface area contributed by atoms with Gasteiger partial charge in [0.1, 0.15) is 0 Å². The second-order valence-corrected chi connectivity index (χ2v) is 8.55. The largest absolute Gasteiger partial charge is 0.481 e. The second kappa shape index (κ2) is 6.22. The molecular weight excluding hydrogens is 292 g/mol. The van der Waals surface area contributed by atoms with E-state index in [0.717, 1.165) is 6.42 Å². The number of aliphatic carboxylic acids is 1. The summed E-state index contributed by atoms with van der Waals surface area (Å²) in [7, 11) is -3.56. The quantitative estimate of drug-likeness (QED) is 0.853. The molecule has 122 valence electrons. The summed E-state index contributed by atoms with van der Waals surface area (Å²) in [5.41, 5.74) is 0. The first-order valence-corrected chi connectivity index (χ1v) is 9.13. The predicted octanol–water partition coefficient (Wildman–Crippen LogP) is 1.39. The van der Waals surface area contributed by atoms with Crippen LogP contribution < -0.4 is 0 Å². The number of hydrogen-bond acceptors (Lipinski definition) is 3. The number of piperidine rings is 2. The van der Waals surface area contributed by atoms with Gasteiger partial charge in [-0.1, -0.05) is 13.8 Å². The van der Waals surface area contributed by atoms with Crippen LogP contribution in [0.2, 0.25) is 0 Å². The molecule has 0 amide bonds. The molecule has 0 spiro atoms. The standard InChI is InChI=1S/C14H26N2O4S/c1-10-7-11(2)12(3)16(8-10)21(19,20)15-6-4-5-13(9-15)14(17)18/h10-13H,4-9H2,1-3H3,(H,17,18). The Bertz CT molecular complexity index is 493. The fraction of sp³-hybridized carbons (Fsp3) is 0.929. The van der Waals surface area contributed by atoms with Crippen molar-refractivity contribution in [3.05, 3.63) is 0 Å². The van der Waals surface area contributed by atoms with Crippen molar-refractivity contribution >= 4 is 16.2 Å². The number of hydrogen-bond donors (Lipinski definition) is 1. The molecule has 0 aromatic rings. The average Bonchev–Trinajstić information content (AvgIpc) is 2.42. The molecule has 0 aliphatic carbocycles. The van der Waals surface area contributed by atoms with Crippen LogP contribution in [0, 0.1) is 17.8 Å². The Labute approximate surface area is 127 Å². The van der Waals surface area contributed by atoms with E-state index in [-0.39, 0.29) is 12.6 Å². The lowest BCUT2D eigenvalue weighted by Crippen LogP contribution is -2.56. The molecule has 0 aromatic carbocycles. The van der Waals surface area contributed by atoms with Crippen LogP contribution in [0.3, 0.4) is 0 Å². The van der Waals surface area contributed by atoms with Crippen molar-refractivity contribution < 1.29 is 18.3 Å². The molecule has 7 heteroatoms. The first-order valence-electron chi connectivity index (χ1n) is 7.73. The van der Waals surface area contributed by atoms with Crippen molar-refractivity contribution in [3.8, 4) is 0 Å². The van der Waals surface area contributed by atoms with Crippen LogP contribution in [0.15, 0.2) is 0 Å². The molecule has 0 saturated carbocycles. The maximum atomic E-state index is 12.9. The van der Waals surface area contributed by atoms with Gasteiger partial charge < -0.3 is 5.11 Å². The summed E-state index contributed by atoms with van der Waals surface area (Å²) in [6, 6.07) is -0.0311. The molecule has 4 atom stereocenters. The van der Waals surface area contributed by atoms with E-state index in [4.69, 9.17) is 5.11 Å². The Balaban J connectivity index is 2.18. The molecule has 2 aliphatic rings. The van der Waals surface area contributed by atoms with E-state index in [2.05, 4.69) is 13.8 Å². The van der Waals surface area contributed by atoms with E-state index in [1.807, 2.05) is 6.92 Å². The van der Waals surface area contributed by atoms with Crippen molar-refractivity contribution in [2.75, 3.05) is 19.6 Å². The highest BCUT2D eigenvalue weighted by Gasteiger charge is 2.41. The van der Waals surface area contributed by atoms with Gasteiger partial charge in [0, 0.05) is 25.7 Å². The van der Waals surface area contributed by atoms with E-state index < -0.39 is 22.1 Å². The Morgan fingerprint density at radius 1 is 1.19 bits per heavy atom. The van der Waals surface area contributed by atoms with Crippen LogP contribution in [-0.4, -0.2) is 53.8 Å². The van der Waals surface area contributed by atoms with Crippen LogP contribution in [-0.2, 0) is 15.0 Å². The third-order valence-corrected chi connectivity index (χ3v) is 6.96. The molecule has 4 unspecified atom stereocenters. The van der Waals surface area contributed by atoms with Gasteiger partial charge in [0.15, 0.2) is 0 Å². The average molecular weight is 318 g/mol. The maximum absolute atomic E-state index is 12.9. The summed E-state index contributed by atoms with van der Waals surface area (Å²) in [4.78, 5) is 11.1. The molecule has 0 aromatic heterocycles. The van der Waals surface area contributed by atoms with Crippen LogP contribution >= 0.6 is 0 Å². The zero-order valence-electron chi connectivity index (χ0n) is 13.0. The highest BCUT2D eigenvalue weighted by atomic mass is 32.2.